The van der Waals surface area contributed by atoms with E-state index in [1.54, 1.807) is 33.7 Å². The fourth-order valence-corrected chi connectivity index (χ4v) is 5.45. The molecule has 11 nitrogen and oxygen atoms in total. The van der Waals surface area contributed by atoms with Crippen molar-refractivity contribution in [3.63, 3.8) is 0 Å². The molecule has 0 saturated carbocycles. The number of hydrogen-bond donors (Lipinski definition) is 1. The highest BCUT2D eigenvalue weighted by molar-refractivity contribution is 6.09. The lowest BCUT2D eigenvalue weighted by Crippen LogP contribution is -2.50. The lowest BCUT2D eigenvalue weighted by Gasteiger charge is -2.41. The number of unbranched alkanes of at least 4 members (excludes halogenated alkanes) is 2. The van der Waals surface area contributed by atoms with Gasteiger partial charge in [-0.15, -0.1) is 0 Å². The van der Waals surface area contributed by atoms with Crippen LogP contribution in [0.2, 0.25) is 0 Å². The monoisotopic (exact) mass is 631 g/mol. The molecular weight excluding hydrogens is 595 g/mol. The third-order valence-electron chi connectivity index (χ3n) is 7.69. The molecular formula is C31H36F3N5O6. The lowest BCUT2D eigenvalue weighted by molar-refractivity contribution is -0.202. The van der Waals surface area contributed by atoms with Crippen LogP contribution in [0.15, 0.2) is 48.7 Å². The summed E-state index contributed by atoms with van der Waals surface area (Å²) in [6.07, 6.45) is -1.99. The van der Waals surface area contributed by atoms with Gasteiger partial charge in [-0.3, -0.25) is 9.59 Å². The molecule has 0 bridgehead atoms. The maximum absolute atomic E-state index is 14.4. The first-order valence-corrected chi connectivity index (χ1v) is 14.6. The fourth-order valence-electron chi connectivity index (χ4n) is 5.45. The first-order chi connectivity index (χ1) is 21.5. The lowest BCUT2D eigenvalue weighted by atomic mass is 9.98. The van der Waals surface area contributed by atoms with Crippen LogP contribution in [0.4, 0.5) is 24.5 Å². The molecule has 14 heteroatoms. The topological polar surface area (TPSA) is 127 Å². The van der Waals surface area contributed by atoms with Crippen molar-refractivity contribution in [1.82, 2.24) is 9.47 Å². The Balaban J connectivity index is 1.92. The van der Waals surface area contributed by atoms with Crippen LogP contribution in [0.1, 0.15) is 55.1 Å². The summed E-state index contributed by atoms with van der Waals surface area (Å²) in [7, 11) is 1.17. The summed E-state index contributed by atoms with van der Waals surface area (Å²) in [6, 6.07) is 9.22. The van der Waals surface area contributed by atoms with E-state index >= 15 is 0 Å². The number of rotatable bonds is 12. The molecule has 45 heavy (non-hydrogen) atoms. The fraction of sp³-hybridized carbons (Fsp3) is 0.419. The predicted octanol–water partition coefficient (Wildman–Crippen LogP) is 4.34. The first-order valence-electron chi connectivity index (χ1n) is 14.6. The summed E-state index contributed by atoms with van der Waals surface area (Å²) in [6.45, 7) is 5.14. The number of benzene rings is 2. The maximum atomic E-state index is 14.4. The highest BCUT2D eigenvalue weighted by Gasteiger charge is 2.48. The van der Waals surface area contributed by atoms with Crippen LogP contribution in [0, 0.1) is 0 Å². The Morgan fingerprint density at radius 3 is 2.36 bits per heavy atom. The second kappa shape index (κ2) is 14.0. The molecule has 0 fully saturated rings. The van der Waals surface area contributed by atoms with Gasteiger partial charge in [-0.2, -0.15) is 18.2 Å². The number of carbonyl (C=O) groups is 4. The molecule has 1 atom stereocenters. The normalized spacial score (nSPS) is 14.8. The molecule has 0 aliphatic carbocycles. The number of likely N-dealkylation sites (N-methyl/N-ethyl adjacent to an activating group) is 1. The van der Waals surface area contributed by atoms with Crippen LogP contribution < -0.4 is 15.7 Å². The van der Waals surface area contributed by atoms with Crippen molar-refractivity contribution in [2.75, 3.05) is 43.3 Å². The van der Waals surface area contributed by atoms with Gasteiger partial charge in [-0.1, -0.05) is 24.6 Å². The van der Waals surface area contributed by atoms with Crippen LogP contribution in [-0.4, -0.2) is 72.7 Å². The van der Waals surface area contributed by atoms with E-state index in [0.717, 1.165) is 0 Å². The van der Waals surface area contributed by atoms with Crippen LogP contribution in [-0.2, 0) is 30.5 Å². The smallest absolute Gasteiger partial charge is 0.465 e. The number of nitrogens with zero attached hydrogens (tertiary/aromatic N) is 4. The summed E-state index contributed by atoms with van der Waals surface area (Å²) in [5, 5.41) is 1.12. The minimum Gasteiger partial charge on any atom is -0.465 e. The van der Waals surface area contributed by atoms with Crippen LogP contribution >= 0.6 is 0 Å². The van der Waals surface area contributed by atoms with Gasteiger partial charge < -0.3 is 29.7 Å². The third kappa shape index (κ3) is 6.90. The number of esters is 1. The average Bonchev–Trinajstić information content (AvgIpc) is 3.37. The van der Waals surface area contributed by atoms with Crippen molar-refractivity contribution < 1.29 is 41.9 Å². The molecule has 2 amide bonds. The molecule has 0 spiro atoms. The van der Waals surface area contributed by atoms with Gasteiger partial charge in [-0.25, -0.2) is 9.59 Å². The molecule has 0 saturated heterocycles. The number of carbonyl (C=O) groups excluding carboxylic acids is 4. The van der Waals surface area contributed by atoms with Gasteiger partial charge in [0, 0.05) is 42.3 Å². The predicted molar refractivity (Wildman–Crippen MR) is 160 cm³/mol. The summed E-state index contributed by atoms with van der Waals surface area (Å²) in [5.74, 6) is -4.13. The van der Waals surface area contributed by atoms with Crippen LogP contribution in [0.5, 0.6) is 0 Å². The number of halogens is 3. The Kier molecular flexibility index (Phi) is 10.4. The number of hydroxylamine groups is 1. The van der Waals surface area contributed by atoms with E-state index in [1.807, 2.05) is 13.8 Å². The minimum absolute atomic E-state index is 0.0419. The molecule has 1 aliphatic rings. The Morgan fingerprint density at radius 2 is 1.71 bits per heavy atom. The van der Waals surface area contributed by atoms with Gasteiger partial charge in [0.1, 0.15) is 12.2 Å². The first kappa shape index (κ1) is 33.3. The van der Waals surface area contributed by atoms with Crippen molar-refractivity contribution in [3.05, 3.63) is 59.8 Å². The van der Waals surface area contributed by atoms with Gasteiger partial charge in [0.15, 0.2) is 6.04 Å². The number of fused-ring (bicyclic) bond motifs is 2. The molecule has 2 N–H and O–H groups in total. The summed E-state index contributed by atoms with van der Waals surface area (Å²) in [5.41, 5.74) is 6.50. The second-order valence-electron chi connectivity index (χ2n) is 10.4. The Labute approximate surface area is 258 Å². The highest BCUT2D eigenvalue weighted by atomic mass is 19.4. The number of anilines is 2. The highest BCUT2D eigenvalue weighted by Crippen LogP contribution is 2.45. The number of aromatic nitrogens is 1. The Hall–Kier alpha value is -4.59. The van der Waals surface area contributed by atoms with Gasteiger partial charge in [0.25, 0.3) is 5.91 Å². The number of nitrogens with two attached hydrogens (primary N) is 1. The summed E-state index contributed by atoms with van der Waals surface area (Å²) >= 11 is 0. The van der Waals surface area contributed by atoms with Crippen LogP contribution in [0.3, 0.4) is 0 Å². The van der Waals surface area contributed by atoms with E-state index in [9.17, 15) is 32.3 Å². The molecule has 0 radical (unpaired) electrons. The van der Waals surface area contributed by atoms with E-state index in [-0.39, 0.29) is 41.5 Å². The largest absolute Gasteiger partial charge is 0.493 e. The molecule has 1 aromatic heterocycles. The molecule has 1 unspecified atom stereocenters. The van der Waals surface area contributed by atoms with E-state index in [2.05, 4.69) is 0 Å². The summed E-state index contributed by atoms with van der Waals surface area (Å²) < 4.78 is 47.1. The zero-order chi connectivity index (χ0) is 32.9. The van der Waals surface area contributed by atoms with E-state index < -0.39 is 30.1 Å². The average molecular weight is 632 g/mol. The van der Waals surface area contributed by atoms with Crippen molar-refractivity contribution in [3.8, 4) is 0 Å². The van der Waals surface area contributed by atoms with Crippen LogP contribution in [0.25, 0.3) is 10.9 Å². The van der Waals surface area contributed by atoms with E-state index in [1.165, 1.54) is 36.4 Å². The number of alkyl halides is 3. The molecule has 3 aromatic rings. The number of ether oxygens (including phenoxy) is 1. The van der Waals surface area contributed by atoms with E-state index in [0.29, 0.717) is 54.9 Å². The maximum Gasteiger partial charge on any atom is 0.493 e. The van der Waals surface area contributed by atoms with Crippen molar-refractivity contribution in [2.45, 2.75) is 51.9 Å². The molecule has 242 valence electrons. The Bertz CT molecular complexity index is 1570. The van der Waals surface area contributed by atoms with Gasteiger partial charge in [-0.05, 0) is 57.5 Å². The SMILES string of the molecule is CCN(CC)C(=O)Cn1cc(C2C(=O)N(CCCCCN)c3cc(C(=O)OC)ccc3N2OC(=O)C(F)(F)F)c2ccccc21. The van der Waals surface area contributed by atoms with Gasteiger partial charge in [0.2, 0.25) is 5.91 Å². The number of hydrogen-bond acceptors (Lipinski definition) is 8. The van der Waals surface area contributed by atoms with E-state index in [4.69, 9.17) is 15.3 Å². The van der Waals surface area contributed by atoms with Crippen molar-refractivity contribution in [2.24, 2.45) is 5.73 Å². The summed E-state index contributed by atoms with van der Waals surface area (Å²) in [4.78, 5) is 60.1. The number of methoxy groups -OCH3 is 1. The standard InChI is InChI=1S/C31H36F3N5O6/c1-4-36(5-2)26(40)19-37-18-22(21-11-7-8-12-23(21)37)27-28(41)38(16-10-6-9-15-35)25-17-20(29(42)44-3)13-14-24(25)39(27)45-30(43)31(32,33)34/h7-8,11-14,17-18,27H,4-6,9-10,15-16,19,35H2,1-3H3. The number of para-hydroxylation sites is 1. The second-order valence-corrected chi connectivity index (χ2v) is 10.4. The molecule has 1 aliphatic heterocycles. The molecule has 2 heterocycles. The molecule has 2 aromatic carbocycles. The van der Waals surface area contributed by atoms with Crippen molar-refractivity contribution >= 4 is 46.0 Å². The zero-order valence-corrected chi connectivity index (χ0v) is 25.3. The Morgan fingerprint density at radius 1 is 1.00 bits per heavy atom. The van der Waals surface area contributed by atoms with Crippen molar-refractivity contribution in [1.29, 1.82) is 0 Å². The molecule has 4 rings (SSSR count). The number of amides is 2. The zero-order valence-electron chi connectivity index (χ0n) is 25.3. The van der Waals surface area contributed by atoms with Gasteiger partial charge in [0.05, 0.1) is 18.4 Å². The quantitative estimate of drug-likeness (QED) is 0.231. The van der Waals surface area contributed by atoms with Gasteiger partial charge >= 0.3 is 18.1 Å². The third-order valence-corrected chi connectivity index (χ3v) is 7.69. The minimum atomic E-state index is -5.37.